The minimum absolute atomic E-state index is 0.0409. The Morgan fingerprint density at radius 1 is 1.11 bits per heavy atom. The Morgan fingerprint density at radius 2 is 1.78 bits per heavy atom. The van der Waals surface area contributed by atoms with Gasteiger partial charge < -0.3 is 20.7 Å². The topological polar surface area (TPSA) is 106 Å². The number of carbonyl (C=O) groups excluding carboxylic acids is 1. The van der Waals surface area contributed by atoms with E-state index < -0.39 is 29.5 Å². The number of amides is 1. The molecular formula is C23H21F5N6O2. The average Bonchev–Trinajstić information content (AvgIpc) is 3.23. The zero-order valence-electron chi connectivity index (χ0n) is 18.9. The molecule has 0 spiro atoms. The predicted octanol–water partition coefficient (Wildman–Crippen LogP) is 4.25. The lowest BCUT2D eigenvalue weighted by Gasteiger charge is -2.31. The zero-order valence-corrected chi connectivity index (χ0v) is 18.9. The van der Waals surface area contributed by atoms with Crippen molar-refractivity contribution in [2.75, 3.05) is 23.3 Å². The zero-order chi connectivity index (χ0) is 26.1. The van der Waals surface area contributed by atoms with E-state index in [2.05, 4.69) is 25.0 Å². The van der Waals surface area contributed by atoms with E-state index in [1.54, 1.807) is 4.90 Å². The van der Waals surface area contributed by atoms with Gasteiger partial charge in [-0.05, 0) is 36.8 Å². The van der Waals surface area contributed by atoms with E-state index in [-0.39, 0.29) is 30.8 Å². The lowest BCUT2D eigenvalue weighted by Crippen LogP contribution is -2.56. The molecule has 1 saturated heterocycles. The van der Waals surface area contributed by atoms with Crippen LogP contribution in [-0.4, -0.2) is 51.8 Å². The highest BCUT2D eigenvalue weighted by molar-refractivity contribution is 6.05. The number of benzene rings is 1. The molecule has 2 aromatic heterocycles. The van der Waals surface area contributed by atoms with Crippen molar-refractivity contribution in [3.63, 3.8) is 0 Å². The molecular weight excluding hydrogens is 487 g/mol. The van der Waals surface area contributed by atoms with Crippen LogP contribution in [0, 0.1) is 0 Å². The number of pyridine rings is 1. The minimum Gasteiger partial charge on any atom is -0.406 e. The standard InChI is InChI=1S/C23H21F5N6O2/c1-21(24,25)22(29)6-7-34(12-22)19-18(15-9-30-13-31-10-15)8-14(11-32-19)20(35)33-16-2-4-17(5-3-16)36-23(26,27)28/h2-5,8-11,13H,6-7,12,29H2,1H3,(H,33,35)/t22-/m1/s1. The molecule has 0 bridgehead atoms. The fourth-order valence-corrected chi connectivity index (χ4v) is 3.80. The number of hydrogen-bond donors (Lipinski definition) is 2. The number of aromatic nitrogens is 3. The Hall–Kier alpha value is -3.87. The number of nitrogens with two attached hydrogens (primary N) is 1. The summed E-state index contributed by atoms with van der Waals surface area (Å²) >= 11 is 0. The quantitative estimate of drug-likeness (QED) is 0.480. The van der Waals surface area contributed by atoms with Crippen molar-refractivity contribution >= 4 is 17.4 Å². The molecule has 1 aromatic carbocycles. The summed E-state index contributed by atoms with van der Waals surface area (Å²) in [5, 5.41) is 2.57. The molecule has 36 heavy (non-hydrogen) atoms. The maximum Gasteiger partial charge on any atom is 0.573 e. The number of alkyl halides is 5. The Kier molecular flexibility index (Phi) is 6.52. The monoisotopic (exact) mass is 508 g/mol. The van der Waals surface area contributed by atoms with Crippen LogP contribution in [0.4, 0.5) is 33.5 Å². The van der Waals surface area contributed by atoms with E-state index in [0.717, 1.165) is 19.1 Å². The van der Waals surface area contributed by atoms with E-state index in [0.29, 0.717) is 16.9 Å². The molecule has 1 atom stereocenters. The van der Waals surface area contributed by atoms with Gasteiger partial charge in [0.15, 0.2) is 0 Å². The number of halogens is 5. The maximum atomic E-state index is 14.1. The van der Waals surface area contributed by atoms with Gasteiger partial charge in [-0.25, -0.2) is 23.7 Å². The molecule has 1 amide bonds. The van der Waals surface area contributed by atoms with Crippen LogP contribution >= 0.6 is 0 Å². The highest BCUT2D eigenvalue weighted by Crippen LogP contribution is 2.38. The normalized spacial score (nSPS) is 18.2. The second kappa shape index (κ2) is 9.30. The van der Waals surface area contributed by atoms with E-state index in [4.69, 9.17) is 5.73 Å². The van der Waals surface area contributed by atoms with Crippen LogP contribution in [0.15, 0.2) is 55.2 Å². The first-order chi connectivity index (χ1) is 16.8. The molecule has 3 aromatic rings. The van der Waals surface area contributed by atoms with E-state index in [1.165, 1.54) is 43.1 Å². The summed E-state index contributed by atoms with van der Waals surface area (Å²) in [4.78, 5) is 26.8. The average molecular weight is 508 g/mol. The first-order valence-electron chi connectivity index (χ1n) is 10.7. The third kappa shape index (κ3) is 5.51. The van der Waals surface area contributed by atoms with Gasteiger partial charge in [-0.3, -0.25) is 4.79 Å². The second-order valence-electron chi connectivity index (χ2n) is 8.46. The van der Waals surface area contributed by atoms with Gasteiger partial charge in [0.1, 0.15) is 17.9 Å². The maximum absolute atomic E-state index is 14.1. The molecule has 3 heterocycles. The smallest absolute Gasteiger partial charge is 0.406 e. The van der Waals surface area contributed by atoms with Crippen LogP contribution in [0.25, 0.3) is 11.1 Å². The molecule has 0 radical (unpaired) electrons. The summed E-state index contributed by atoms with van der Waals surface area (Å²) in [5.41, 5.74) is 5.52. The molecule has 190 valence electrons. The molecule has 1 aliphatic rings. The summed E-state index contributed by atoms with van der Waals surface area (Å²) in [6, 6.07) is 6.14. The van der Waals surface area contributed by atoms with Gasteiger partial charge in [-0.1, -0.05) is 0 Å². The van der Waals surface area contributed by atoms with Crippen molar-refractivity contribution in [3.8, 4) is 16.9 Å². The SMILES string of the molecule is CC(F)(F)[C@@]1(N)CCN(c2ncc(C(=O)Nc3ccc(OC(F)(F)F)cc3)cc2-c2cncnc2)C1. The van der Waals surface area contributed by atoms with Crippen LogP contribution in [0.5, 0.6) is 5.75 Å². The number of nitrogens with one attached hydrogen (secondary N) is 1. The van der Waals surface area contributed by atoms with Crippen LogP contribution in [0.3, 0.4) is 0 Å². The van der Waals surface area contributed by atoms with Crippen molar-refractivity contribution in [1.82, 2.24) is 15.0 Å². The number of rotatable bonds is 6. The van der Waals surface area contributed by atoms with Gasteiger partial charge in [0.05, 0.1) is 11.1 Å². The number of anilines is 2. The Morgan fingerprint density at radius 3 is 2.36 bits per heavy atom. The highest BCUT2D eigenvalue weighted by Gasteiger charge is 2.51. The first kappa shape index (κ1) is 25.2. The third-order valence-corrected chi connectivity index (χ3v) is 5.82. The summed E-state index contributed by atoms with van der Waals surface area (Å²) in [6.07, 6.45) is 0.793. The van der Waals surface area contributed by atoms with Crippen molar-refractivity contribution < 1.29 is 31.5 Å². The van der Waals surface area contributed by atoms with Gasteiger partial charge in [0.2, 0.25) is 0 Å². The summed E-state index contributed by atoms with van der Waals surface area (Å²) < 4.78 is 69.0. The van der Waals surface area contributed by atoms with Gasteiger partial charge in [0, 0.05) is 55.4 Å². The molecule has 1 aliphatic heterocycles. The third-order valence-electron chi connectivity index (χ3n) is 5.82. The Bertz CT molecular complexity index is 1230. The van der Waals surface area contributed by atoms with Gasteiger partial charge in [-0.2, -0.15) is 0 Å². The molecule has 0 unspecified atom stereocenters. The van der Waals surface area contributed by atoms with Gasteiger partial charge in [0.25, 0.3) is 11.8 Å². The number of carbonyl (C=O) groups is 1. The predicted molar refractivity (Wildman–Crippen MR) is 121 cm³/mol. The summed E-state index contributed by atoms with van der Waals surface area (Å²) in [5.74, 6) is -3.80. The van der Waals surface area contributed by atoms with Crippen LogP contribution in [0.1, 0.15) is 23.7 Å². The number of ether oxygens (including phenoxy) is 1. The van der Waals surface area contributed by atoms with E-state index in [1.807, 2.05) is 0 Å². The summed E-state index contributed by atoms with van der Waals surface area (Å²) in [6.45, 7) is 0.860. The van der Waals surface area contributed by atoms with Gasteiger partial charge in [-0.15, -0.1) is 13.2 Å². The largest absolute Gasteiger partial charge is 0.573 e. The molecule has 4 rings (SSSR count). The van der Waals surface area contributed by atoms with Crippen molar-refractivity contribution in [3.05, 3.63) is 60.8 Å². The lowest BCUT2D eigenvalue weighted by molar-refractivity contribution is -0.274. The van der Waals surface area contributed by atoms with Crippen molar-refractivity contribution in [2.24, 2.45) is 5.73 Å². The van der Waals surface area contributed by atoms with Crippen LogP contribution < -0.4 is 20.7 Å². The molecule has 0 saturated carbocycles. The summed E-state index contributed by atoms with van der Waals surface area (Å²) in [7, 11) is 0. The van der Waals surface area contributed by atoms with Gasteiger partial charge >= 0.3 is 6.36 Å². The fraction of sp³-hybridized carbons (Fsp3) is 0.304. The molecule has 8 nitrogen and oxygen atoms in total. The fourth-order valence-electron chi connectivity index (χ4n) is 3.80. The lowest BCUT2D eigenvalue weighted by atomic mass is 9.93. The Balaban J connectivity index is 1.60. The van der Waals surface area contributed by atoms with Crippen LogP contribution in [0.2, 0.25) is 0 Å². The molecule has 1 fully saturated rings. The molecule has 13 heteroatoms. The van der Waals surface area contributed by atoms with E-state index >= 15 is 0 Å². The second-order valence-corrected chi connectivity index (χ2v) is 8.46. The molecule has 0 aliphatic carbocycles. The number of hydrogen-bond acceptors (Lipinski definition) is 7. The van der Waals surface area contributed by atoms with Crippen LogP contribution in [-0.2, 0) is 0 Å². The van der Waals surface area contributed by atoms with Crippen molar-refractivity contribution in [1.29, 1.82) is 0 Å². The first-order valence-corrected chi connectivity index (χ1v) is 10.7. The number of nitrogens with zero attached hydrogens (tertiary/aromatic N) is 4. The minimum atomic E-state index is -4.83. The van der Waals surface area contributed by atoms with E-state index in [9.17, 15) is 26.7 Å². The van der Waals surface area contributed by atoms with Crippen molar-refractivity contribution in [2.45, 2.75) is 31.2 Å². The highest BCUT2D eigenvalue weighted by atomic mass is 19.4. The Labute approximate surface area is 202 Å². The molecule has 3 N–H and O–H groups in total.